The first kappa shape index (κ1) is 31.7. The van der Waals surface area contributed by atoms with E-state index in [2.05, 4.69) is 32.7 Å². The van der Waals surface area contributed by atoms with Crippen molar-refractivity contribution in [3.63, 3.8) is 0 Å². The number of carbonyl (C=O) groups is 2. The van der Waals surface area contributed by atoms with Gasteiger partial charge in [0, 0.05) is 85.6 Å². The first-order valence-electron chi connectivity index (χ1n) is 15.9. The molecule has 0 amide bonds. The molecule has 4 aromatic carbocycles. The SMILES string of the molecule is COc1ccc2c(c1O)CN(C)c1c-2ccc2cc3c(cc12)OCO3.NCCNc1ccc(NCCN)c2c1C(=O)c1ccncc1C2=O. The van der Waals surface area contributed by atoms with E-state index in [4.69, 9.17) is 25.7 Å². The maximum atomic E-state index is 13.0. The Bertz CT molecular complexity index is 2070. The maximum Gasteiger partial charge on any atom is 0.231 e. The molecule has 1 aliphatic carbocycles. The van der Waals surface area contributed by atoms with Gasteiger partial charge in [0.25, 0.3) is 0 Å². The topological polar surface area (TPSA) is 174 Å². The summed E-state index contributed by atoms with van der Waals surface area (Å²) in [6.45, 7) is 2.72. The van der Waals surface area contributed by atoms with Crippen LogP contribution in [-0.4, -0.2) is 68.8 Å². The molecule has 0 unspecified atom stereocenters. The van der Waals surface area contributed by atoms with Gasteiger partial charge >= 0.3 is 0 Å². The summed E-state index contributed by atoms with van der Waals surface area (Å²) < 4.78 is 16.3. The van der Waals surface area contributed by atoms with Crippen molar-refractivity contribution in [1.29, 1.82) is 0 Å². The van der Waals surface area contributed by atoms with Crippen LogP contribution >= 0.6 is 0 Å². The number of rotatable bonds is 7. The van der Waals surface area contributed by atoms with Crippen molar-refractivity contribution in [2.75, 3.05) is 62.7 Å². The molecule has 250 valence electrons. The average Bonchev–Trinajstić information content (AvgIpc) is 3.59. The third kappa shape index (κ3) is 5.40. The molecule has 3 heterocycles. The summed E-state index contributed by atoms with van der Waals surface area (Å²) in [4.78, 5) is 32.0. The summed E-state index contributed by atoms with van der Waals surface area (Å²) in [5.74, 6) is 1.86. The van der Waals surface area contributed by atoms with Crippen LogP contribution in [0.5, 0.6) is 23.0 Å². The lowest BCUT2D eigenvalue weighted by Crippen LogP contribution is -2.26. The number of pyridine rings is 1. The minimum absolute atomic E-state index is 0.196. The van der Waals surface area contributed by atoms with Gasteiger partial charge in [0.05, 0.1) is 29.5 Å². The Labute approximate surface area is 282 Å². The number of benzene rings is 4. The Hall–Kier alpha value is -5.85. The van der Waals surface area contributed by atoms with Gasteiger partial charge in [-0.2, -0.15) is 0 Å². The van der Waals surface area contributed by atoms with Crippen LogP contribution in [0.25, 0.3) is 21.9 Å². The lowest BCUT2D eigenvalue weighted by molar-refractivity contribution is 0.0980. The standard InChI is InChI=1S/C20H17NO4.C17H19N5O2/c1-21-9-15-12(5-6-16(23-2)20(15)22)13-4-3-11-7-17-18(25-10-24-17)8-14(11)19(13)21;18-4-7-21-12-1-2-13(22-8-5-19)15-14(12)16(23)10-3-6-20-9-11(10)17(15)24/h3-8,22H,9-10H2,1-2H3;1-3,6,9,21-22H,4-5,7-8,18-19H2. The lowest BCUT2D eigenvalue weighted by atomic mass is 9.83. The molecule has 2 aliphatic heterocycles. The third-order valence-electron chi connectivity index (χ3n) is 8.91. The molecular formula is C37H36N6O6. The quantitative estimate of drug-likeness (QED) is 0.163. The fourth-order valence-corrected chi connectivity index (χ4v) is 6.66. The van der Waals surface area contributed by atoms with E-state index in [1.807, 2.05) is 31.3 Å². The number of carbonyl (C=O) groups excluding carboxylic acids is 2. The van der Waals surface area contributed by atoms with Crippen LogP contribution < -0.4 is 41.2 Å². The molecule has 49 heavy (non-hydrogen) atoms. The van der Waals surface area contributed by atoms with Gasteiger partial charge in [-0.05, 0) is 53.4 Å². The normalized spacial score (nSPS) is 13.5. The highest BCUT2D eigenvalue weighted by atomic mass is 16.7. The van der Waals surface area contributed by atoms with Crippen molar-refractivity contribution >= 4 is 39.4 Å². The summed E-state index contributed by atoms with van der Waals surface area (Å²) in [6, 6.07) is 17.2. The molecule has 0 saturated heterocycles. The zero-order valence-electron chi connectivity index (χ0n) is 27.1. The summed E-state index contributed by atoms with van der Waals surface area (Å²) in [6.07, 6.45) is 2.95. The summed E-state index contributed by atoms with van der Waals surface area (Å²) in [7, 11) is 3.60. The zero-order valence-corrected chi connectivity index (χ0v) is 27.1. The number of aromatic nitrogens is 1. The molecule has 8 rings (SSSR count). The van der Waals surface area contributed by atoms with E-state index >= 15 is 0 Å². The van der Waals surface area contributed by atoms with Crippen molar-refractivity contribution in [3.05, 3.63) is 94.8 Å². The van der Waals surface area contributed by atoms with Crippen LogP contribution in [0, 0.1) is 0 Å². The molecule has 0 bridgehead atoms. The van der Waals surface area contributed by atoms with E-state index in [9.17, 15) is 14.7 Å². The van der Waals surface area contributed by atoms with Gasteiger partial charge in [-0.15, -0.1) is 0 Å². The second kappa shape index (κ2) is 13.0. The van der Waals surface area contributed by atoms with Gasteiger partial charge in [-0.3, -0.25) is 14.6 Å². The number of hydrogen-bond acceptors (Lipinski definition) is 12. The Morgan fingerprint density at radius 1 is 0.857 bits per heavy atom. The van der Waals surface area contributed by atoms with Gasteiger partial charge in [-0.25, -0.2) is 0 Å². The molecule has 5 aromatic rings. The number of nitrogens with two attached hydrogens (primary N) is 2. The molecule has 1 aromatic heterocycles. The number of ether oxygens (including phenoxy) is 3. The number of phenols is 1. The van der Waals surface area contributed by atoms with E-state index in [-0.39, 0.29) is 24.1 Å². The van der Waals surface area contributed by atoms with Crippen molar-refractivity contribution in [2.45, 2.75) is 6.54 Å². The Kier molecular flexibility index (Phi) is 8.41. The molecule has 12 heteroatoms. The molecular weight excluding hydrogens is 624 g/mol. The molecule has 7 N–H and O–H groups in total. The number of hydrogen-bond donors (Lipinski definition) is 5. The lowest BCUT2D eigenvalue weighted by Gasteiger charge is -2.31. The zero-order chi connectivity index (χ0) is 34.2. The monoisotopic (exact) mass is 660 g/mol. The minimum Gasteiger partial charge on any atom is -0.504 e. The Balaban J connectivity index is 0.000000155. The van der Waals surface area contributed by atoms with Crippen LogP contribution in [0.2, 0.25) is 0 Å². The van der Waals surface area contributed by atoms with Crippen LogP contribution in [0.1, 0.15) is 37.4 Å². The van der Waals surface area contributed by atoms with Crippen molar-refractivity contribution < 1.29 is 28.9 Å². The maximum absolute atomic E-state index is 13.0. The minimum atomic E-state index is -0.219. The number of methoxy groups -OCH3 is 1. The molecule has 0 saturated carbocycles. The molecule has 3 aliphatic rings. The second-order valence-electron chi connectivity index (χ2n) is 11.8. The predicted octanol–water partition coefficient (Wildman–Crippen LogP) is 4.50. The summed E-state index contributed by atoms with van der Waals surface area (Å²) in [5.41, 5.74) is 17.8. The molecule has 0 fully saturated rings. The van der Waals surface area contributed by atoms with Gasteiger partial charge in [0.15, 0.2) is 34.6 Å². The molecule has 12 nitrogen and oxygen atoms in total. The van der Waals surface area contributed by atoms with E-state index in [0.717, 1.165) is 44.6 Å². The highest BCUT2D eigenvalue weighted by Gasteiger charge is 2.34. The number of anilines is 3. The third-order valence-corrected chi connectivity index (χ3v) is 8.91. The van der Waals surface area contributed by atoms with Gasteiger partial charge in [-0.1, -0.05) is 12.1 Å². The van der Waals surface area contributed by atoms with Crippen LogP contribution in [0.4, 0.5) is 17.1 Å². The number of nitrogens with one attached hydrogen (secondary N) is 2. The van der Waals surface area contributed by atoms with E-state index in [0.29, 0.717) is 72.1 Å². The fraction of sp³-hybridized carbons (Fsp3) is 0.216. The van der Waals surface area contributed by atoms with Gasteiger partial charge in [0.1, 0.15) is 0 Å². The van der Waals surface area contributed by atoms with Gasteiger partial charge < -0.3 is 46.3 Å². The summed E-state index contributed by atoms with van der Waals surface area (Å²) >= 11 is 0. The van der Waals surface area contributed by atoms with E-state index < -0.39 is 0 Å². The Morgan fingerprint density at radius 3 is 2.18 bits per heavy atom. The fourth-order valence-electron chi connectivity index (χ4n) is 6.66. The van der Waals surface area contributed by atoms with Crippen LogP contribution in [-0.2, 0) is 6.54 Å². The predicted molar refractivity (Wildman–Crippen MR) is 188 cm³/mol. The number of nitrogens with zero attached hydrogens (tertiary/aromatic N) is 2. The summed E-state index contributed by atoms with van der Waals surface area (Å²) in [5, 5.41) is 19.0. The molecule has 0 radical (unpaired) electrons. The number of phenolic OH excluding ortho intramolecular Hbond substituents is 1. The second-order valence-corrected chi connectivity index (χ2v) is 11.8. The molecule has 0 spiro atoms. The van der Waals surface area contributed by atoms with Crippen LogP contribution in [0.15, 0.2) is 67.0 Å². The molecule has 0 atom stereocenters. The first-order chi connectivity index (χ1) is 23.9. The highest BCUT2D eigenvalue weighted by molar-refractivity contribution is 6.31. The van der Waals surface area contributed by atoms with E-state index in [1.54, 1.807) is 25.3 Å². The first-order valence-corrected chi connectivity index (χ1v) is 15.9. The number of aromatic hydroxyl groups is 1. The average molecular weight is 661 g/mol. The van der Waals surface area contributed by atoms with Gasteiger partial charge in [0.2, 0.25) is 6.79 Å². The van der Waals surface area contributed by atoms with Crippen molar-refractivity contribution in [2.24, 2.45) is 11.5 Å². The number of ketones is 2. The largest absolute Gasteiger partial charge is 0.504 e. The van der Waals surface area contributed by atoms with E-state index in [1.165, 1.54) is 12.4 Å². The number of fused-ring (bicyclic) bond motifs is 8. The van der Waals surface area contributed by atoms with Crippen molar-refractivity contribution in [1.82, 2.24) is 4.98 Å². The Morgan fingerprint density at radius 2 is 1.51 bits per heavy atom. The highest BCUT2D eigenvalue weighted by Crippen LogP contribution is 2.49. The smallest absolute Gasteiger partial charge is 0.231 e. The van der Waals surface area contributed by atoms with Crippen LogP contribution in [0.3, 0.4) is 0 Å². The van der Waals surface area contributed by atoms with Crippen molar-refractivity contribution in [3.8, 4) is 34.1 Å².